The first-order valence-electron chi connectivity index (χ1n) is 9.91. The molecule has 0 atom stereocenters. The van der Waals surface area contributed by atoms with E-state index in [1.165, 1.54) is 63.8 Å². The molecule has 0 aliphatic rings. The van der Waals surface area contributed by atoms with Crippen LogP contribution in [0.25, 0.3) is 0 Å². The van der Waals surface area contributed by atoms with Crippen molar-refractivity contribution < 1.29 is 14.5 Å². The van der Waals surface area contributed by atoms with Crippen LogP contribution >= 0.6 is 12.2 Å². The van der Waals surface area contributed by atoms with Crippen molar-refractivity contribution in [1.29, 1.82) is 0 Å². The largest absolute Gasteiger partial charge is 0.494 e. The first kappa shape index (κ1) is 23.8. The lowest BCUT2D eigenvalue weighted by Crippen LogP contribution is -2.34. The van der Waals surface area contributed by atoms with Crippen LogP contribution in [0.3, 0.4) is 0 Å². The fraction of sp³-hybridized carbons (Fsp3) is 0.600. The molecular formula is C20H31N3O4S. The second-order valence-corrected chi connectivity index (χ2v) is 7.13. The van der Waals surface area contributed by atoms with Crippen molar-refractivity contribution >= 4 is 34.6 Å². The summed E-state index contributed by atoms with van der Waals surface area (Å²) in [6.45, 7) is 2.22. The number of nitrogens with one attached hydrogen (secondary N) is 2. The summed E-state index contributed by atoms with van der Waals surface area (Å²) in [6, 6.07) is 4.14. The van der Waals surface area contributed by atoms with Crippen LogP contribution < -0.4 is 15.4 Å². The first-order chi connectivity index (χ1) is 13.5. The summed E-state index contributed by atoms with van der Waals surface area (Å²) >= 11 is 5.14. The van der Waals surface area contributed by atoms with E-state index in [4.69, 9.17) is 17.0 Å². The highest BCUT2D eigenvalue weighted by atomic mass is 32.1. The summed E-state index contributed by atoms with van der Waals surface area (Å²) in [6.07, 6.45) is 11.2. The Morgan fingerprint density at radius 1 is 1.11 bits per heavy atom. The zero-order valence-electron chi connectivity index (χ0n) is 16.8. The van der Waals surface area contributed by atoms with Gasteiger partial charge in [0.05, 0.1) is 23.8 Å². The monoisotopic (exact) mass is 409 g/mol. The number of unbranched alkanes of at least 4 members (excludes halogenated alkanes) is 8. The lowest BCUT2D eigenvalue weighted by atomic mass is 10.1. The molecule has 0 saturated heterocycles. The zero-order chi connectivity index (χ0) is 20.8. The average molecular weight is 410 g/mol. The van der Waals surface area contributed by atoms with Crippen molar-refractivity contribution in [3.8, 4) is 5.75 Å². The molecule has 0 unspecified atom stereocenters. The van der Waals surface area contributed by atoms with Gasteiger partial charge in [0, 0.05) is 12.5 Å². The summed E-state index contributed by atoms with van der Waals surface area (Å²) in [7, 11) is 1.41. The Kier molecular flexibility index (Phi) is 11.8. The zero-order valence-corrected chi connectivity index (χ0v) is 17.6. The fourth-order valence-electron chi connectivity index (χ4n) is 2.84. The van der Waals surface area contributed by atoms with Gasteiger partial charge >= 0.3 is 0 Å². The van der Waals surface area contributed by atoms with Crippen LogP contribution in [0, 0.1) is 10.1 Å². The maximum absolute atomic E-state index is 12.0. The van der Waals surface area contributed by atoms with Crippen LogP contribution in [0.15, 0.2) is 18.2 Å². The molecule has 2 N–H and O–H groups in total. The van der Waals surface area contributed by atoms with Gasteiger partial charge in [-0.25, -0.2) is 0 Å². The van der Waals surface area contributed by atoms with Gasteiger partial charge in [0.2, 0.25) is 5.91 Å². The number of methoxy groups -OCH3 is 1. The van der Waals surface area contributed by atoms with Gasteiger partial charge in [-0.3, -0.25) is 14.9 Å². The number of nitro benzene ring substituents is 1. The molecule has 1 amide bonds. The van der Waals surface area contributed by atoms with Crippen molar-refractivity contribution in [1.82, 2.24) is 5.32 Å². The van der Waals surface area contributed by atoms with E-state index in [1.807, 2.05) is 0 Å². The third kappa shape index (κ3) is 9.64. The minimum Gasteiger partial charge on any atom is -0.494 e. The molecule has 0 bridgehead atoms. The number of nitro groups is 1. The van der Waals surface area contributed by atoms with Gasteiger partial charge in [0.1, 0.15) is 5.75 Å². The predicted octanol–water partition coefficient (Wildman–Crippen LogP) is 5.34. The van der Waals surface area contributed by atoms with Gasteiger partial charge in [0.25, 0.3) is 5.69 Å². The molecule has 0 heterocycles. The minimum absolute atomic E-state index is 0.0808. The number of ether oxygens (including phenoxy) is 1. The molecule has 0 saturated carbocycles. The van der Waals surface area contributed by atoms with E-state index in [1.54, 1.807) is 0 Å². The Morgan fingerprint density at radius 2 is 1.71 bits per heavy atom. The molecule has 7 nitrogen and oxygen atoms in total. The highest BCUT2D eigenvalue weighted by Gasteiger charge is 2.13. The number of nitrogens with zero attached hydrogens (tertiary/aromatic N) is 1. The number of amides is 1. The molecule has 1 aromatic carbocycles. The van der Waals surface area contributed by atoms with E-state index in [0.717, 1.165) is 19.3 Å². The van der Waals surface area contributed by atoms with E-state index < -0.39 is 4.92 Å². The van der Waals surface area contributed by atoms with Gasteiger partial charge in [-0.05, 0) is 24.7 Å². The van der Waals surface area contributed by atoms with Crippen molar-refractivity contribution in [2.45, 2.75) is 71.1 Å². The van der Waals surface area contributed by atoms with Crippen LogP contribution in [0.1, 0.15) is 71.1 Å². The number of benzene rings is 1. The molecule has 28 heavy (non-hydrogen) atoms. The van der Waals surface area contributed by atoms with Gasteiger partial charge < -0.3 is 15.4 Å². The van der Waals surface area contributed by atoms with Gasteiger partial charge in [-0.2, -0.15) is 0 Å². The van der Waals surface area contributed by atoms with E-state index >= 15 is 0 Å². The first-order valence-corrected chi connectivity index (χ1v) is 10.3. The predicted molar refractivity (Wildman–Crippen MR) is 116 cm³/mol. The van der Waals surface area contributed by atoms with Gasteiger partial charge in [0.15, 0.2) is 5.11 Å². The van der Waals surface area contributed by atoms with E-state index in [9.17, 15) is 14.9 Å². The van der Waals surface area contributed by atoms with E-state index in [2.05, 4.69) is 17.6 Å². The van der Waals surface area contributed by atoms with Crippen LogP contribution in [-0.2, 0) is 4.79 Å². The van der Waals surface area contributed by atoms with Gasteiger partial charge in [-0.1, -0.05) is 58.3 Å². The Morgan fingerprint density at radius 3 is 2.29 bits per heavy atom. The molecular weight excluding hydrogens is 378 g/mol. The number of rotatable bonds is 13. The number of carbonyl (C=O) groups is 1. The molecule has 0 aliphatic heterocycles. The summed E-state index contributed by atoms with van der Waals surface area (Å²) < 4.78 is 5.14. The molecule has 0 spiro atoms. The second-order valence-electron chi connectivity index (χ2n) is 6.72. The third-order valence-electron chi connectivity index (χ3n) is 4.40. The number of non-ortho nitro benzene ring substituents is 1. The Balaban J connectivity index is 2.26. The fourth-order valence-corrected chi connectivity index (χ4v) is 3.06. The molecule has 0 radical (unpaired) electrons. The summed E-state index contributed by atoms with van der Waals surface area (Å²) in [5, 5.41) is 16.4. The van der Waals surface area contributed by atoms with Crippen LogP contribution in [0.5, 0.6) is 5.75 Å². The van der Waals surface area contributed by atoms with Crippen LogP contribution in [-0.4, -0.2) is 23.1 Å². The molecule has 0 aliphatic carbocycles. The summed E-state index contributed by atoms with van der Waals surface area (Å²) in [4.78, 5) is 22.3. The number of thiocarbonyl (C=S) groups is 1. The number of hydrogen-bond acceptors (Lipinski definition) is 5. The Bertz CT molecular complexity index is 652. The van der Waals surface area contributed by atoms with Crippen molar-refractivity contribution in [3.05, 3.63) is 28.3 Å². The smallest absolute Gasteiger partial charge is 0.273 e. The van der Waals surface area contributed by atoms with Crippen LogP contribution in [0.4, 0.5) is 11.4 Å². The summed E-state index contributed by atoms with van der Waals surface area (Å²) in [5.41, 5.74) is 0.379. The number of hydrogen-bond donors (Lipinski definition) is 2. The number of anilines is 1. The normalized spacial score (nSPS) is 10.4. The SMILES string of the molecule is CCCCCCCCCCCC(=O)NC(=S)Nc1ccc([N+](=O)[O-])cc1OC. The van der Waals surface area contributed by atoms with Crippen LogP contribution in [0.2, 0.25) is 0 Å². The molecule has 1 rings (SSSR count). The Labute approximate surface area is 172 Å². The van der Waals surface area contributed by atoms with Crippen molar-refractivity contribution in [2.75, 3.05) is 12.4 Å². The highest BCUT2D eigenvalue weighted by Crippen LogP contribution is 2.28. The average Bonchev–Trinajstić information content (AvgIpc) is 2.66. The van der Waals surface area contributed by atoms with Crippen molar-refractivity contribution in [3.63, 3.8) is 0 Å². The molecule has 0 aromatic heterocycles. The number of carbonyl (C=O) groups excluding carboxylic acids is 1. The highest BCUT2D eigenvalue weighted by molar-refractivity contribution is 7.80. The van der Waals surface area contributed by atoms with Crippen molar-refractivity contribution in [2.24, 2.45) is 0 Å². The summed E-state index contributed by atoms with van der Waals surface area (Å²) in [5.74, 6) is 0.144. The molecule has 156 valence electrons. The van der Waals surface area contributed by atoms with Gasteiger partial charge in [-0.15, -0.1) is 0 Å². The lowest BCUT2D eigenvalue weighted by Gasteiger charge is -2.12. The lowest BCUT2D eigenvalue weighted by molar-refractivity contribution is -0.384. The topological polar surface area (TPSA) is 93.5 Å². The standard InChI is InChI=1S/C20H31N3O4S/c1-3-4-5-6-7-8-9-10-11-12-19(24)22-20(28)21-17-14-13-16(23(25)26)15-18(17)27-2/h13-15H,3-12H2,1-2H3,(H2,21,22,24,28). The maximum atomic E-state index is 12.0. The van der Waals surface area contributed by atoms with E-state index in [0.29, 0.717) is 12.1 Å². The second kappa shape index (κ2) is 13.9. The Hall–Kier alpha value is -2.22. The minimum atomic E-state index is -0.502. The third-order valence-corrected chi connectivity index (χ3v) is 4.61. The van der Waals surface area contributed by atoms with E-state index in [-0.39, 0.29) is 22.5 Å². The quantitative estimate of drug-likeness (QED) is 0.198. The molecule has 0 fully saturated rings. The molecule has 1 aromatic rings. The molecule has 8 heteroatoms. The maximum Gasteiger partial charge on any atom is 0.273 e.